The smallest absolute Gasteiger partial charge is 0.339 e. The zero-order valence-corrected chi connectivity index (χ0v) is 22.5. The molecule has 38 heavy (non-hydrogen) atoms. The number of methoxy groups -OCH3 is 1. The lowest BCUT2D eigenvalue weighted by Crippen LogP contribution is -2.37. The van der Waals surface area contributed by atoms with Gasteiger partial charge < -0.3 is 13.8 Å². The van der Waals surface area contributed by atoms with Crippen molar-refractivity contribution in [2.24, 2.45) is 0 Å². The van der Waals surface area contributed by atoms with E-state index < -0.39 is 16.0 Å². The van der Waals surface area contributed by atoms with E-state index in [9.17, 15) is 18.0 Å². The van der Waals surface area contributed by atoms with Crippen molar-refractivity contribution < 1.29 is 26.9 Å². The Morgan fingerprint density at radius 1 is 0.974 bits per heavy atom. The molecule has 0 radical (unpaired) electrons. The maximum Gasteiger partial charge on any atom is 0.339 e. The number of hydrogen-bond acceptors (Lipinski definition) is 7. The average Bonchev–Trinajstić information content (AvgIpc) is 2.91. The standard InChI is InChI=1S/C30H31NO6S/c1-4-10-19-17-20(18-26(36-3)30(19)37-38(34,35)21-11-6-5-7-12-21)27-28-22(13-8-15-24(28)32)31(2)23-14-9-16-25(33)29(23)27/h4-7,11-12,17-18,27H,1,8-10,13-16H2,2-3H3. The van der Waals surface area contributed by atoms with E-state index in [1.807, 2.05) is 13.1 Å². The van der Waals surface area contributed by atoms with Crippen molar-refractivity contribution in [2.75, 3.05) is 14.2 Å². The van der Waals surface area contributed by atoms with E-state index in [-0.39, 0.29) is 28.0 Å². The molecule has 8 heteroatoms. The van der Waals surface area contributed by atoms with Crippen molar-refractivity contribution in [3.63, 3.8) is 0 Å². The first-order valence-electron chi connectivity index (χ1n) is 12.8. The predicted octanol–water partition coefficient (Wildman–Crippen LogP) is 5.23. The number of carbonyl (C=O) groups excluding carboxylic acids is 2. The summed E-state index contributed by atoms with van der Waals surface area (Å²) in [5, 5.41) is 0. The molecular formula is C30H31NO6S. The van der Waals surface area contributed by atoms with Gasteiger partial charge >= 0.3 is 10.1 Å². The lowest BCUT2D eigenvalue weighted by atomic mass is 9.71. The largest absolute Gasteiger partial charge is 0.493 e. The highest BCUT2D eigenvalue weighted by atomic mass is 32.2. The van der Waals surface area contributed by atoms with Crippen molar-refractivity contribution in [1.29, 1.82) is 0 Å². The van der Waals surface area contributed by atoms with Crippen LogP contribution in [0, 0.1) is 0 Å². The molecule has 198 valence electrons. The molecule has 0 unspecified atom stereocenters. The third kappa shape index (κ3) is 4.47. The van der Waals surface area contributed by atoms with E-state index in [0.29, 0.717) is 41.5 Å². The van der Waals surface area contributed by atoms with Gasteiger partial charge in [0.1, 0.15) is 4.90 Å². The zero-order chi connectivity index (χ0) is 27.0. The van der Waals surface area contributed by atoms with Gasteiger partial charge in [0.05, 0.1) is 7.11 Å². The van der Waals surface area contributed by atoms with E-state index in [1.165, 1.54) is 19.2 Å². The van der Waals surface area contributed by atoms with Crippen molar-refractivity contribution in [3.8, 4) is 11.5 Å². The van der Waals surface area contributed by atoms with E-state index >= 15 is 0 Å². The van der Waals surface area contributed by atoms with Gasteiger partial charge in [-0.15, -0.1) is 6.58 Å². The van der Waals surface area contributed by atoms with E-state index in [0.717, 1.165) is 37.1 Å². The number of hydrogen-bond donors (Lipinski definition) is 0. The molecule has 2 aromatic carbocycles. The minimum absolute atomic E-state index is 0.0243. The van der Waals surface area contributed by atoms with Gasteiger partial charge in [-0.2, -0.15) is 8.42 Å². The third-order valence-electron chi connectivity index (χ3n) is 7.54. The summed E-state index contributed by atoms with van der Waals surface area (Å²) in [5.74, 6) is -0.155. The quantitative estimate of drug-likeness (QED) is 0.355. The summed E-state index contributed by atoms with van der Waals surface area (Å²) in [6.45, 7) is 3.84. The lowest BCUT2D eigenvalue weighted by Gasteiger charge is -2.42. The lowest BCUT2D eigenvalue weighted by molar-refractivity contribution is -0.117. The maximum absolute atomic E-state index is 13.3. The summed E-state index contributed by atoms with van der Waals surface area (Å²) in [6, 6.07) is 11.4. The molecule has 2 aliphatic carbocycles. The van der Waals surface area contributed by atoms with Crippen LogP contribution in [0.4, 0.5) is 0 Å². The first-order chi connectivity index (χ1) is 18.3. The maximum atomic E-state index is 13.3. The van der Waals surface area contributed by atoms with Crippen LogP contribution in [-0.4, -0.2) is 39.0 Å². The van der Waals surface area contributed by atoms with Crippen molar-refractivity contribution in [2.45, 2.75) is 55.8 Å². The summed E-state index contributed by atoms with van der Waals surface area (Å²) in [5.41, 5.74) is 4.51. The molecule has 0 fully saturated rings. The van der Waals surface area contributed by atoms with Crippen LogP contribution < -0.4 is 8.92 Å². The van der Waals surface area contributed by atoms with Crippen LogP contribution in [-0.2, 0) is 26.1 Å². The van der Waals surface area contributed by atoms with Gasteiger partial charge in [0.15, 0.2) is 23.1 Å². The van der Waals surface area contributed by atoms with Crippen molar-refractivity contribution in [3.05, 3.63) is 88.8 Å². The Kier molecular flexibility index (Phi) is 7.01. The third-order valence-corrected chi connectivity index (χ3v) is 8.78. The van der Waals surface area contributed by atoms with Crippen LogP contribution >= 0.6 is 0 Å². The van der Waals surface area contributed by atoms with E-state index in [1.54, 1.807) is 30.3 Å². The molecule has 2 aromatic rings. The number of nitrogens with zero attached hydrogens (tertiary/aromatic N) is 1. The van der Waals surface area contributed by atoms with Gasteiger partial charge in [-0.3, -0.25) is 9.59 Å². The minimum Gasteiger partial charge on any atom is -0.493 e. The van der Waals surface area contributed by atoms with Crippen molar-refractivity contribution >= 4 is 21.7 Å². The second kappa shape index (κ2) is 10.3. The van der Waals surface area contributed by atoms with Crippen LogP contribution in [0.15, 0.2) is 82.6 Å². The SMILES string of the molecule is C=CCc1cc(C2C3=C(CCCC3=O)N(C)C3=C2C(=O)CCC3)cc(OC)c1OS(=O)(=O)c1ccccc1. The summed E-state index contributed by atoms with van der Waals surface area (Å²) in [4.78, 5) is 28.8. The number of allylic oxidation sites excluding steroid dienone is 5. The van der Waals surface area contributed by atoms with Gasteiger partial charge in [0.2, 0.25) is 0 Å². The number of carbonyl (C=O) groups is 2. The molecule has 0 atom stereocenters. The minimum atomic E-state index is -4.14. The topological polar surface area (TPSA) is 90.0 Å². The van der Waals surface area contributed by atoms with Gasteiger partial charge in [-0.05, 0) is 55.9 Å². The highest BCUT2D eigenvalue weighted by Crippen LogP contribution is 2.50. The number of ketones is 2. The Labute approximate surface area is 223 Å². The molecule has 0 amide bonds. The number of ether oxygens (including phenoxy) is 1. The summed E-state index contributed by atoms with van der Waals surface area (Å²) < 4.78 is 37.5. The molecule has 0 spiro atoms. The van der Waals surface area contributed by atoms with Crippen LogP contribution in [0.25, 0.3) is 0 Å². The summed E-state index contributed by atoms with van der Waals surface area (Å²) >= 11 is 0. The highest BCUT2D eigenvalue weighted by molar-refractivity contribution is 7.87. The number of Topliss-reactive ketones (excluding diaryl/α,β-unsaturated/α-hetero) is 2. The fourth-order valence-corrected chi connectivity index (χ4v) is 6.83. The van der Waals surface area contributed by atoms with Gasteiger partial charge in [-0.1, -0.05) is 30.3 Å². The van der Waals surface area contributed by atoms with Crippen LogP contribution in [0.1, 0.15) is 55.6 Å². The van der Waals surface area contributed by atoms with Gasteiger partial charge in [0, 0.05) is 53.9 Å². The molecule has 0 aromatic heterocycles. The van der Waals surface area contributed by atoms with Crippen LogP contribution in [0.5, 0.6) is 11.5 Å². The van der Waals surface area contributed by atoms with Crippen molar-refractivity contribution in [1.82, 2.24) is 4.90 Å². The van der Waals surface area contributed by atoms with E-state index in [2.05, 4.69) is 11.5 Å². The highest BCUT2D eigenvalue weighted by Gasteiger charge is 2.42. The molecule has 7 nitrogen and oxygen atoms in total. The first-order valence-corrected chi connectivity index (χ1v) is 14.2. The molecule has 3 aliphatic rings. The number of rotatable bonds is 7. The molecule has 0 N–H and O–H groups in total. The summed E-state index contributed by atoms with van der Waals surface area (Å²) in [6.07, 6.45) is 5.93. The normalized spacial score (nSPS) is 18.3. The summed E-state index contributed by atoms with van der Waals surface area (Å²) in [7, 11) is -0.739. The molecule has 0 bridgehead atoms. The second-order valence-corrected chi connectivity index (χ2v) is 11.4. The zero-order valence-electron chi connectivity index (χ0n) is 21.7. The average molecular weight is 534 g/mol. The Morgan fingerprint density at radius 3 is 2.13 bits per heavy atom. The Hall–Kier alpha value is -3.65. The van der Waals surface area contributed by atoms with Gasteiger partial charge in [0.25, 0.3) is 0 Å². The molecule has 0 saturated carbocycles. The van der Waals surface area contributed by atoms with Crippen LogP contribution in [0.3, 0.4) is 0 Å². The fraction of sp³-hybridized carbons (Fsp3) is 0.333. The molecule has 5 rings (SSSR count). The molecule has 1 aliphatic heterocycles. The monoisotopic (exact) mass is 533 g/mol. The Bertz CT molecular complexity index is 1440. The Balaban J connectivity index is 1.69. The molecular weight excluding hydrogens is 502 g/mol. The Morgan fingerprint density at radius 2 is 1.58 bits per heavy atom. The molecule has 1 heterocycles. The second-order valence-electron chi connectivity index (χ2n) is 9.82. The molecule has 0 saturated heterocycles. The first kappa shape index (κ1) is 26.0. The van der Waals surface area contributed by atoms with Gasteiger partial charge in [-0.25, -0.2) is 0 Å². The predicted molar refractivity (Wildman–Crippen MR) is 143 cm³/mol. The fourth-order valence-electron chi connectivity index (χ4n) is 5.83. The van der Waals surface area contributed by atoms with Crippen LogP contribution in [0.2, 0.25) is 0 Å². The number of benzene rings is 2. The van der Waals surface area contributed by atoms with E-state index in [4.69, 9.17) is 8.92 Å².